The maximum absolute atomic E-state index is 13.1. The van der Waals surface area contributed by atoms with E-state index >= 15 is 0 Å². The highest BCUT2D eigenvalue weighted by molar-refractivity contribution is 7.89. The minimum absolute atomic E-state index is 0.266. The highest BCUT2D eigenvalue weighted by Crippen LogP contribution is 2.28. The molecule has 1 fully saturated rings. The van der Waals surface area contributed by atoms with Crippen molar-refractivity contribution in [2.75, 3.05) is 39.8 Å². The van der Waals surface area contributed by atoms with Gasteiger partial charge in [0.15, 0.2) is 0 Å². The molecule has 0 aliphatic carbocycles. The van der Waals surface area contributed by atoms with Crippen LogP contribution in [-0.4, -0.2) is 57.5 Å². The summed E-state index contributed by atoms with van der Waals surface area (Å²) in [5, 5.41) is 0. The molecule has 0 unspecified atom stereocenters. The Kier molecular flexibility index (Phi) is 6.52. The zero-order valence-corrected chi connectivity index (χ0v) is 16.9. The van der Waals surface area contributed by atoms with Crippen LogP contribution in [0, 0.1) is 6.92 Å². The molecule has 0 amide bonds. The molecule has 5 nitrogen and oxygen atoms in total. The van der Waals surface area contributed by atoms with E-state index in [9.17, 15) is 8.42 Å². The fourth-order valence-corrected chi connectivity index (χ4v) is 5.13. The first-order chi connectivity index (χ1) is 13.0. The van der Waals surface area contributed by atoms with Gasteiger partial charge >= 0.3 is 0 Å². The van der Waals surface area contributed by atoms with Gasteiger partial charge in [-0.15, -0.1) is 0 Å². The fraction of sp³-hybridized carbons (Fsp3) is 0.429. The van der Waals surface area contributed by atoms with Crippen molar-refractivity contribution in [2.45, 2.75) is 24.7 Å². The van der Waals surface area contributed by atoms with Gasteiger partial charge in [-0.05, 0) is 49.6 Å². The van der Waals surface area contributed by atoms with E-state index in [1.807, 2.05) is 19.1 Å². The Balaban J connectivity index is 1.56. The molecule has 0 bridgehead atoms. The number of hydrogen-bond donors (Lipinski definition) is 0. The van der Waals surface area contributed by atoms with Crippen LogP contribution in [0.2, 0.25) is 0 Å². The van der Waals surface area contributed by atoms with Gasteiger partial charge in [-0.3, -0.25) is 0 Å². The topological polar surface area (TPSA) is 49.9 Å². The second kappa shape index (κ2) is 8.87. The monoisotopic (exact) mass is 388 g/mol. The summed E-state index contributed by atoms with van der Waals surface area (Å²) in [7, 11) is -2.02. The third-order valence-corrected chi connectivity index (χ3v) is 6.97. The van der Waals surface area contributed by atoms with Gasteiger partial charge in [-0.2, -0.15) is 4.31 Å². The average Bonchev–Trinajstić information content (AvgIpc) is 2.69. The van der Waals surface area contributed by atoms with Crippen molar-refractivity contribution in [2.24, 2.45) is 0 Å². The highest BCUT2D eigenvalue weighted by atomic mass is 32.2. The number of aryl methyl sites for hydroxylation is 2. The summed E-state index contributed by atoms with van der Waals surface area (Å²) in [4.78, 5) is 2.62. The van der Waals surface area contributed by atoms with Crippen LogP contribution in [0.15, 0.2) is 53.4 Å². The van der Waals surface area contributed by atoms with Crippen LogP contribution in [0.1, 0.15) is 17.5 Å². The van der Waals surface area contributed by atoms with Gasteiger partial charge in [0, 0.05) is 26.2 Å². The van der Waals surface area contributed by atoms with Crippen LogP contribution in [0.4, 0.5) is 0 Å². The lowest BCUT2D eigenvalue weighted by molar-refractivity contribution is 0.186. The molecule has 2 aromatic carbocycles. The summed E-state index contributed by atoms with van der Waals surface area (Å²) in [6.45, 7) is 5.46. The largest absolute Gasteiger partial charge is 0.495 e. The summed E-state index contributed by atoms with van der Waals surface area (Å²) in [5.74, 6) is 0.408. The molecule has 0 saturated carbocycles. The van der Waals surface area contributed by atoms with E-state index < -0.39 is 10.0 Å². The Morgan fingerprint density at radius 2 is 1.70 bits per heavy atom. The van der Waals surface area contributed by atoms with Crippen molar-refractivity contribution in [3.05, 3.63) is 59.7 Å². The number of hydrogen-bond acceptors (Lipinski definition) is 4. The van der Waals surface area contributed by atoms with E-state index in [4.69, 9.17) is 4.74 Å². The van der Waals surface area contributed by atoms with Crippen LogP contribution >= 0.6 is 0 Å². The van der Waals surface area contributed by atoms with E-state index in [0.29, 0.717) is 18.8 Å². The molecule has 3 rings (SSSR count). The van der Waals surface area contributed by atoms with Crippen LogP contribution in [0.5, 0.6) is 5.75 Å². The van der Waals surface area contributed by atoms with Crippen molar-refractivity contribution in [1.82, 2.24) is 9.21 Å². The summed E-state index contributed by atoms with van der Waals surface area (Å²) in [6.07, 6.45) is 2.14. The first-order valence-corrected chi connectivity index (χ1v) is 10.9. The molecule has 1 aliphatic heterocycles. The number of piperazine rings is 1. The van der Waals surface area contributed by atoms with E-state index in [1.54, 1.807) is 16.4 Å². The van der Waals surface area contributed by atoms with Crippen molar-refractivity contribution in [1.29, 1.82) is 0 Å². The minimum Gasteiger partial charge on any atom is -0.495 e. The maximum Gasteiger partial charge on any atom is 0.246 e. The van der Waals surface area contributed by atoms with Gasteiger partial charge in [0.25, 0.3) is 0 Å². The Labute approximate surface area is 162 Å². The Hall–Kier alpha value is -1.89. The van der Waals surface area contributed by atoms with E-state index in [1.165, 1.54) is 12.7 Å². The molecule has 1 aliphatic rings. The molecule has 0 N–H and O–H groups in total. The summed E-state index contributed by atoms with van der Waals surface area (Å²) < 4.78 is 33.0. The van der Waals surface area contributed by atoms with Gasteiger partial charge in [0.05, 0.1) is 7.11 Å². The number of rotatable bonds is 7. The number of ether oxygens (including phenoxy) is 1. The van der Waals surface area contributed by atoms with Crippen molar-refractivity contribution in [3.8, 4) is 5.75 Å². The molecule has 146 valence electrons. The predicted molar refractivity (Wildman–Crippen MR) is 108 cm³/mol. The summed E-state index contributed by atoms with van der Waals surface area (Å²) >= 11 is 0. The number of benzene rings is 2. The normalized spacial score (nSPS) is 16.4. The SMILES string of the molecule is COc1ccc(C)cc1S(=O)(=O)N1CCN(CCCc2ccccc2)CC1. The molecule has 0 atom stereocenters. The molecule has 6 heteroatoms. The highest BCUT2D eigenvalue weighted by Gasteiger charge is 2.30. The smallest absolute Gasteiger partial charge is 0.246 e. The molecule has 1 heterocycles. The maximum atomic E-state index is 13.1. The van der Waals surface area contributed by atoms with E-state index in [0.717, 1.165) is 38.0 Å². The Bertz CT molecular complexity index is 845. The second-order valence-corrected chi connectivity index (χ2v) is 8.90. The number of methoxy groups -OCH3 is 1. The van der Waals surface area contributed by atoms with Crippen molar-refractivity contribution in [3.63, 3.8) is 0 Å². The number of nitrogens with zero attached hydrogens (tertiary/aromatic N) is 2. The zero-order valence-electron chi connectivity index (χ0n) is 16.1. The van der Waals surface area contributed by atoms with Crippen molar-refractivity contribution < 1.29 is 13.2 Å². The van der Waals surface area contributed by atoms with Gasteiger partial charge in [-0.25, -0.2) is 8.42 Å². The predicted octanol–water partition coefficient (Wildman–Crippen LogP) is 2.94. The van der Waals surface area contributed by atoms with Crippen LogP contribution in [0.25, 0.3) is 0 Å². The van der Waals surface area contributed by atoms with Crippen LogP contribution in [0.3, 0.4) is 0 Å². The van der Waals surface area contributed by atoms with Crippen LogP contribution < -0.4 is 4.74 Å². The molecule has 0 radical (unpaired) electrons. The first-order valence-electron chi connectivity index (χ1n) is 9.42. The van der Waals surface area contributed by atoms with Gasteiger partial charge in [0.1, 0.15) is 10.6 Å². The second-order valence-electron chi connectivity index (χ2n) is 6.99. The Morgan fingerprint density at radius 3 is 2.37 bits per heavy atom. The lowest BCUT2D eigenvalue weighted by Gasteiger charge is -2.34. The molecule has 1 saturated heterocycles. The van der Waals surface area contributed by atoms with Gasteiger partial charge in [-0.1, -0.05) is 36.4 Å². The standard InChI is InChI=1S/C21H28N2O3S/c1-18-10-11-20(26-2)21(17-18)27(24,25)23-15-13-22(14-16-23)12-6-9-19-7-4-3-5-8-19/h3-5,7-8,10-11,17H,6,9,12-16H2,1-2H3. The molecule has 0 spiro atoms. The van der Waals surface area contributed by atoms with E-state index in [2.05, 4.69) is 29.2 Å². The third kappa shape index (κ3) is 4.89. The van der Waals surface area contributed by atoms with Gasteiger partial charge in [0.2, 0.25) is 10.0 Å². The van der Waals surface area contributed by atoms with E-state index in [-0.39, 0.29) is 4.90 Å². The summed E-state index contributed by atoms with van der Waals surface area (Å²) in [6, 6.07) is 15.8. The third-order valence-electron chi connectivity index (χ3n) is 5.05. The lowest BCUT2D eigenvalue weighted by Crippen LogP contribution is -2.48. The Morgan fingerprint density at radius 1 is 1.00 bits per heavy atom. The quantitative estimate of drug-likeness (QED) is 0.732. The molecule has 27 heavy (non-hydrogen) atoms. The zero-order chi connectivity index (χ0) is 19.3. The molecule has 2 aromatic rings. The van der Waals surface area contributed by atoms with Gasteiger partial charge < -0.3 is 9.64 Å². The average molecular weight is 389 g/mol. The molecular weight excluding hydrogens is 360 g/mol. The number of sulfonamides is 1. The molecular formula is C21H28N2O3S. The summed E-state index contributed by atoms with van der Waals surface area (Å²) in [5.41, 5.74) is 2.26. The first kappa shape index (κ1) is 19.9. The van der Waals surface area contributed by atoms with Crippen LogP contribution in [-0.2, 0) is 16.4 Å². The van der Waals surface area contributed by atoms with Crippen molar-refractivity contribution >= 4 is 10.0 Å². The lowest BCUT2D eigenvalue weighted by atomic mass is 10.1. The fourth-order valence-electron chi connectivity index (χ4n) is 3.47. The molecule has 0 aromatic heterocycles. The minimum atomic E-state index is -3.53.